The summed E-state index contributed by atoms with van der Waals surface area (Å²) in [6.45, 7) is 0. The zero-order valence-electron chi connectivity index (χ0n) is 25.1. The molecule has 0 bridgehead atoms. The summed E-state index contributed by atoms with van der Waals surface area (Å²) < 4.78 is 11.2. The normalized spacial score (nSPS) is 33.3. The van der Waals surface area contributed by atoms with Crippen LogP contribution in [0.2, 0.25) is 0 Å². The van der Waals surface area contributed by atoms with Crippen LogP contribution in [0.5, 0.6) is 17.2 Å². The number of phenolic OH excluding ortho intramolecular Hbond substituents is 1. The number of nitrogens with zero attached hydrogens (tertiary/aromatic N) is 2. The van der Waals surface area contributed by atoms with Gasteiger partial charge in [-0.25, -0.2) is 0 Å². The Morgan fingerprint density at radius 1 is 0.698 bits per heavy atom. The van der Waals surface area contributed by atoms with Crippen LogP contribution in [0.15, 0.2) is 23.8 Å². The van der Waals surface area contributed by atoms with Crippen LogP contribution >= 0.6 is 0 Å². The fourth-order valence-corrected chi connectivity index (χ4v) is 9.54. The van der Waals surface area contributed by atoms with Gasteiger partial charge in [-0.3, -0.25) is 29.0 Å². The van der Waals surface area contributed by atoms with Crippen LogP contribution < -0.4 is 9.47 Å². The molecule has 230 valence electrons. The second kappa shape index (κ2) is 11.0. The van der Waals surface area contributed by atoms with E-state index in [1.54, 1.807) is 11.0 Å². The first-order chi connectivity index (χ1) is 20.8. The fourth-order valence-electron chi connectivity index (χ4n) is 9.54. The van der Waals surface area contributed by atoms with E-state index in [9.17, 15) is 24.3 Å². The molecule has 3 saturated carbocycles. The number of carbonyl (C=O) groups is 4. The number of aromatic hydroxyl groups is 1. The molecule has 0 unspecified atom stereocenters. The Labute approximate surface area is 252 Å². The van der Waals surface area contributed by atoms with E-state index in [4.69, 9.17) is 9.47 Å². The molecular weight excluding hydrogens is 548 g/mol. The number of amides is 4. The molecule has 1 aromatic carbocycles. The first kappa shape index (κ1) is 28.4. The van der Waals surface area contributed by atoms with E-state index in [2.05, 4.69) is 0 Å². The Morgan fingerprint density at radius 3 is 1.86 bits per heavy atom. The second-order valence-corrected chi connectivity index (χ2v) is 13.5. The van der Waals surface area contributed by atoms with Crippen molar-refractivity contribution in [2.45, 2.75) is 95.1 Å². The molecule has 6 aliphatic rings. The SMILES string of the molecule is COc1cc(O)c([C@H]2C3=CC[C@@H]4C(=O)N(C5CCCCC5)C(=O)[C@@H]4[C@@H]3C[C@H]3C(=O)N(C4CCCCC4)C(=O)[C@@H]23)c(OC)c1. The van der Waals surface area contributed by atoms with Gasteiger partial charge in [-0.2, -0.15) is 0 Å². The topological polar surface area (TPSA) is 113 Å². The Bertz CT molecular complexity index is 1370. The van der Waals surface area contributed by atoms with Gasteiger partial charge in [0.15, 0.2) is 0 Å². The molecule has 2 aliphatic heterocycles. The maximum Gasteiger partial charge on any atom is 0.234 e. The summed E-state index contributed by atoms with van der Waals surface area (Å²) in [5, 5.41) is 11.4. The van der Waals surface area contributed by atoms with E-state index in [1.807, 2.05) is 6.08 Å². The quantitative estimate of drug-likeness (QED) is 0.390. The van der Waals surface area contributed by atoms with E-state index >= 15 is 0 Å². The summed E-state index contributed by atoms with van der Waals surface area (Å²) >= 11 is 0. The smallest absolute Gasteiger partial charge is 0.234 e. The van der Waals surface area contributed by atoms with Gasteiger partial charge in [-0.1, -0.05) is 50.2 Å². The molecule has 6 atom stereocenters. The molecular formula is C34H42N2O7. The van der Waals surface area contributed by atoms with Gasteiger partial charge in [0, 0.05) is 35.7 Å². The zero-order chi connectivity index (χ0) is 30.0. The zero-order valence-corrected chi connectivity index (χ0v) is 25.1. The molecule has 1 aromatic rings. The number of imide groups is 2. The summed E-state index contributed by atoms with van der Waals surface area (Å²) in [4.78, 5) is 59.6. The third-order valence-electron chi connectivity index (χ3n) is 11.5. The van der Waals surface area contributed by atoms with E-state index in [0.29, 0.717) is 29.9 Å². The van der Waals surface area contributed by atoms with Gasteiger partial charge < -0.3 is 14.6 Å². The largest absolute Gasteiger partial charge is 0.507 e. The van der Waals surface area contributed by atoms with Crippen LogP contribution in [0.4, 0.5) is 0 Å². The summed E-state index contributed by atoms with van der Waals surface area (Å²) in [7, 11) is 3.02. The molecule has 9 nitrogen and oxygen atoms in total. The first-order valence-electron chi connectivity index (χ1n) is 16.2. The molecule has 5 fully saturated rings. The molecule has 2 saturated heterocycles. The molecule has 1 N–H and O–H groups in total. The Morgan fingerprint density at radius 2 is 1.28 bits per heavy atom. The molecule has 0 aromatic heterocycles. The number of phenols is 1. The average Bonchev–Trinajstić information content (AvgIpc) is 3.44. The maximum atomic E-state index is 14.3. The van der Waals surface area contributed by atoms with E-state index in [0.717, 1.165) is 69.8 Å². The van der Waals surface area contributed by atoms with Crippen LogP contribution in [-0.2, 0) is 19.2 Å². The number of hydrogen-bond acceptors (Lipinski definition) is 7. The molecule has 4 aliphatic carbocycles. The van der Waals surface area contributed by atoms with Gasteiger partial charge in [0.05, 0.1) is 37.9 Å². The summed E-state index contributed by atoms with van der Waals surface area (Å²) in [6.07, 6.45) is 12.3. The number of ether oxygens (including phenoxy) is 2. The van der Waals surface area contributed by atoms with E-state index < -0.39 is 29.6 Å². The van der Waals surface area contributed by atoms with Gasteiger partial charge >= 0.3 is 0 Å². The number of benzene rings is 1. The monoisotopic (exact) mass is 590 g/mol. The third-order valence-corrected chi connectivity index (χ3v) is 11.5. The summed E-state index contributed by atoms with van der Waals surface area (Å²) in [5.41, 5.74) is 1.32. The van der Waals surface area contributed by atoms with Crippen LogP contribution in [-0.4, -0.2) is 64.8 Å². The van der Waals surface area contributed by atoms with Crippen molar-refractivity contribution < 1.29 is 33.8 Å². The highest BCUT2D eigenvalue weighted by atomic mass is 16.5. The lowest BCUT2D eigenvalue weighted by Crippen LogP contribution is -2.44. The minimum atomic E-state index is -0.705. The second-order valence-electron chi connectivity index (χ2n) is 13.5. The van der Waals surface area contributed by atoms with Crippen LogP contribution in [0.1, 0.15) is 88.5 Å². The summed E-state index contributed by atoms with van der Waals surface area (Å²) in [6, 6.07) is 3.02. The minimum absolute atomic E-state index is 0.0582. The fraction of sp³-hybridized carbons (Fsp3) is 0.647. The van der Waals surface area contributed by atoms with Crippen LogP contribution in [0, 0.1) is 29.6 Å². The molecule has 2 heterocycles. The number of carbonyl (C=O) groups excluding carboxylic acids is 4. The standard InChI is InChI=1S/C34H42N2O7/c1-42-20-15-25(37)30(26(16-20)43-2)28-21-13-14-22-27(33(40)35(31(22)38)18-9-5-3-6-10-18)23(21)17-24-29(28)34(41)36(32(24)39)19-11-7-4-8-12-19/h13,15-16,18-19,22-24,27-29,37H,3-12,14,17H2,1-2H3/t22-,23+,24+,27-,28-,29+/m0/s1. The van der Waals surface area contributed by atoms with Crippen molar-refractivity contribution in [3.8, 4) is 17.2 Å². The summed E-state index contributed by atoms with van der Waals surface area (Å²) in [5.74, 6) is -3.21. The van der Waals surface area contributed by atoms with Crippen molar-refractivity contribution in [3.05, 3.63) is 29.3 Å². The van der Waals surface area contributed by atoms with Gasteiger partial charge in [-0.15, -0.1) is 0 Å². The minimum Gasteiger partial charge on any atom is -0.507 e. The first-order valence-corrected chi connectivity index (χ1v) is 16.2. The molecule has 7 rings (SSSR count). The highest BCUT2D eigenvalue weighted by molar-refractivity contribution is 6.08. The highest BCUT2D eigenvalue weighted by Crippen LogP contribution is 2.61. The molecule has 4 amide bonds. The van der Waals surface area contributed by atoms with Crippen molar-refractivity contribution in [2.24, 2.45) is 29.6 Å². The van der Waals surface area contributed by atoms with Gasteiger partial charge in [-0.05, 0) is 44.4 Å². The third kappa shape index (κ3) is 4.32. The number of fused-ring (bicyclic) bond motifs is 4. The van der Waals surface area contributed by atoms with Gasteiger partial charge in [0.1, 0.15) is 17.2 Å². The van der Waals surface area contributed by atoms with Crippen molar-refractivity contribution in [3.63, 3.8) is 0 Å². The predicted octanol–water partition coefficient (Wildman–Crippen LogP) is 4.71. The van der Waals surface area contributed by atoms with Gasteiger partial charge in [0.25, 0.3) is 0 Å². The number of rotatable bonds is 5. The molecule has 0 spiro atoms. The van der Waals surface area contributed by atoms with E-state index in [1.165, 1.54) is 25.2 Å². The van der Waals surface area contributed by atoms with Crippen LogP contribution in [0.25, 0.3) is 0 Å². The van der Waals surface area contributed by atoms with Crippen molar-refractivity contribution in [1.82, 2.24) is 9.80 Å². The number of allylic oxidation sites excluding steroid dienone is 2. The van der Waals surface area contributed by atoms with E-state index in [-0.39, 0.29) is 47.4 Å². The average molecular weight is 591 g/mol. The lowest BCUT2D eigenvalue weighted by Gasteiger charge is -2.44. The van der Waals surface area contributed by atoms with Crippen molar-refractivity contribution >= 4 is 23.6 Å². The Hall–Kier alpha value is -3.36. The predicted molar refractivity (Wildman–Crippen MR) is 156 cm³/mol. The molecule has 9 heteroatoms. The molecule has 43 heavy (non-hydrogen) atoms. The van der Waals surface area contributed by atoms with Gasteiger partial charge in [0.2, 0.25) is 23.6 Å². The Kier molecular flexibility index (Phi) is 7.25. The van der Waals surface area contributed by atoms with Crippen LogP contribution in [0.3, 0.4) is 0 Å². The lowest BCUT2D eigenvalue weighted by molar-refractivity contribution is -0.145. The lowest BCUT2D eigenvalue weighted by atomic mass is 9.57. The number of methoxy groups -OCH3 is 2. The number of hydrogen-bond donors (Lipinski definition) is 1. The van der Waals surface area contributed by atoms with Crippen molar-refractivity contribution in [1.29, 1.82) is 0 Å². The molecule has 0 radical (unpaired) electrons. The maximum absolute atomic E-state index is 14.3. The number of likely N-dealkylation sites (tertiary alicyclic amines) is 2. The highest BCUT2D eigenvalue weighted by Gasteiger charge is 2.63. The van der Waals surface area contributed by atoms with Crippen molar-refractivity contribution in [2.75, 3.05) is 14.2 Å². The Balaban J connectivity index is 1.33.